The number of hydrogen-bond donors (Lipinski definition) is 2. The number of halogens is 1. The van der Waals surface area contributed by atoms with Gasteiger partial charge in [-0.15, -0.1) is 0 Å². The van der Waals surface area contributed by atoms with Gasteiger partial charge in [-0.25, -0.2) is 4.39 Å². The molecular formula is C14H18FN3O2. The van der Waals surface area contributed by atoms with Gasteiger partial charge in [0.1, 0.15) is 5.82 Å². The molecule has 5 nitrogen and oxygen atoms in total. The van der Waals surface area contributed by atoms with E-state index >= 15 is 0 Å². The van der Waals surface area contributed by atoms with Crippen LogP contribution in [0.15, 0.2) is 24.3 Å². The van der Waals surface area contributed by atoms with Gasteiger partial charge < -0.3 is 16.0 Å². The smallest absolute Gasteiger partial charge is 0.239 e. The van der Waals surface area contributed by atoms with Crippen LogP contribution in [0.2, 0.25) is 0 Å². The molecule has 0 aliphatic carbocycles. The molecule has 0 spiro atoms. The van der Waals surface area contributed by atoms with Crippen molar-refractivity contribution in [3.63, 3.8) is 0 Å². The Kier molecular flexibility index (Phi) is 4.68. The van der Waals surface area contributed by atoms with Crippen molar-refractivity contribution in [2.75, 3.05) is 19.6 Å². The van der Waals surface area contributed by atoms with Gasteiger partial charge in [0, 0.05) is 26.1 Å². The van der Waals surface area contributed by atoms with Crippen molar-refractivity contribution in [3.8, 4) is 0 Å². The van der Waals surface area contributed by atoms with Crippen molar-refractivity contribution in [1.29, 1.82) is 0 Å². The van der Waals surface area contributed by atoms with Gasteiger partial charge in [0.25, 0.3) is 0 Å². The normalized spacial score (nSPS) is 17.3. The minimum absolute atomic E-state index is 0.0487. The number of amides is 2. The van der Waals surface area contributed by atoms with Gasteiger partial charge in [0.05, 0.1) is 6.04 Å². The maximum Gasteiger partial charge on any atom is 0.239 e. The van der Waals surface area contributed by atoms with Crippen LogP contribution in [-0.4, -0.2) is 42.4 Å². The second kappa shape index (κ2) is 6.47. The Morgan fingerprint density at radius 1 is 1.35 bits per heavy atom. The third kappa shape index (κ3) is 3.77. The van der Waals surface area contributed by atoms with Crippen LogP contribution in [0.25, 0.3) is 0 Å². The van der Waals surface area contributed by atoms with Crippen LogP contribution >= 0.6 is 0 Å². The molecule has 1 saturated heterocycles. The van der Waals surface area contributed by atoms with E-state index in [2.05, 4.69) is 5.32 Å². The lowest BCUT2D eigenvalue weighted by molar-refractivity contribution is -0.132. The Morgan fingerprint density at radius 2 is 2.05 bits per heavy atom. The molecule has 20 heavy (non-hydrogen) atoms. The monoisotopic (exact) mass is 279 g/mol. The largest absolute Gasteiger partial charge is 0.354 e. The maximum absolute atomic E-state index is 12.8. The van der Waals surface area contributed by atoms with Gasteiger partial charge in [0.15, 0.2) is 0 Å². The fraction of sp³-hybridized carbons (Fsp3) is 0.429. The van der Waals surface area contributed by atoms with Crippen molar-refractivity contribution in [3.05, 3.63) is 35.6 Å². The number of nitrogens with zero attached hydrogens (tertiary/aromatic N) is 1. The molecule has 3 N–H and O–H groups in total. The first-order valence-electron chi connectivity index (χ1n) is 6.62. The maximum atomic E-state index is 12.8. The Morgan fingerprint density at radius 3 is 2.75 bits per heavy atom. The van der Waals surface area contributed by atoms with Gasteiger partial charge in [-0.1, -0.05) is 12.1 Å². The van der Waals surface area contributed by atoms with Gasteiger partial charge in [-0.05, 0) is 24.1 Å². The van der Waals surface area contributed by atoms with Crippen molar-refractivity contribution in [2.24, 2.45) is 5.73 Å². The molecule has 6 heteroatoms. The summed E-state index contributed by atoms with van der Waals surface area (Å²) < 4.78 is 12.8. The lowest BCUT2D eigenvalue weighted by Crippen LogP contribution is -2.46. The first-order valence-corrected chi connectivity index (χ1v) is 6.62. The average Bonchev–Trinajstić information content (AvgIpc) is 2.65. The van der Waals surface area contributed by atoms with Crippen LogP contribution in [0.3, 0.4) is 0 Å². The highest BCUT2D eigenvalue weighted by Gasteiger charge is 2.23. The van der Waals surface area contributed by atoms with Gasteiger partial charge in [-0.3, -0.25) is 9.59 Å². The first-order chi connectivity index (χ1) is 9.56. The summed E-state index contributed by atoms with van der Waals surface area (Å²) in [5, 5.41) is 2.71. The molecule has 0 saturated carbocycles. The summed E-state index contributed by atoms with van der Waals surface area (Å²) >= 11 is 0. The van der Waals surface area contributed by atoms with E-state index in [1.165, 1.54) is 12.1 Å². The molecule has 0 aromatic heterocycles. The predicted octanol–water partition coefficient (Wildman–Crippen LogP) is 0.0440. The molecule has 1 aromatic rings. The molecule has 1 atom stereocenters. The number of nitrogens with two attached hydrogens (primary N) is 1. The molecule has 1 aliphatic rings. The van der Waals surface area contributed by atoms with Crippen LogP contribution in [0.1, 0.15) is 12.0 Å². The molecule has 108 valence electrons. The van der Waals surface area contributed by atoms with E-state index in [0.717, 1.165) is 5.56 Å². The Hall–Kier alpha value is -1.95. The van der Waals surface area contributed by atoms with E-state index < -0.39 is 6.04 Å². The molecule has 0 unspecified atom stereocenters. The van der Waals surface area contributed by atoms with Crippen molar-refractivity contribution < 1.29 is 14.0 Å². The summed E-state index contributed by atoms with van der Waals surface area (Å²) in [6.45, 7) is 1.32. The molecule has 1 heterocycles. The number of nitrogens with one attached hydrogen (secondary N) is 1. The van der Waals surface area contributed by atoms with Gasteiger partial charge >= 0.3 is 0 Å². The second-order valence-electron chi connectivity index (χ2n) is 4.86. The zero-order valence-corrected chi connectivity index (χ0v) is 11.1. The third-order valence-corrected chi connectivity index (χ3v) is 3.31. The fourth-order valence-corrected chi connectivity index (χ4v) is 2.18. The fourth-order valence-electron chi connectivity index (χ4n) is 2.18. The van der Waals surface area contributed by atoms with Gasteiger partial charge in [0.2, 0.25) is 11.8 Å². The van der Waals surface area contributed by atoms with Gasteiger partial charge in [-0.2, -0.15) is 0 Å². The van der Waals surface area contributed by atoms with E-state index in [0.29, 0.717) is 32.5 Å². The Labute approximate surface area is 116 Å². The number of benzene rings is 1. The SMILES string of the molecule is N[C@@H](Cc1ccc(F)cc1)C(=O)N1CCNC(=O)CC1. The lowest BCUT2D eigenvalue weighted by atomic mass is 10.1. The molecule has 0 bridgehead atoms. The Bertz CT molecular complexity index is 490. The molecule has 1 aliphatic heterocycles. The summed E-state index contributed by atoms with van der Waals surface area (Å²) in [5.74, 6) is -0.538. The minimum atomic E-state index is -0.673. The molecule has 2 rings (SSSR count). The zero-order valence-electron chi connectivity index (χ0n) is 11.1. The first kappa shape index (κ1) is 14.5. The molecule has 1 fully saturated rings. The third-order valence-electron chi connectivity index (χ3n) is 3.31. The van der Waals surface area contributed by atoms with Crippen LogP contribution in [0.5, 0.6) is 0 Å². The average molecular weight is 279 g/mol. The van der Waals surface area contributed by atoms with Crippen molar-refractivity contribution in [2.45, 2.75) is 18.9 Å². The summed E-state index contributed by atoms with van der Waals surface area (Å²) in [6, 6.07) is 5.27. The number of carbonyl (C=O) groups is 2. The predicted molar refractivity (Wildman–Crippen MR) is 72.3 cm³/mol. The van der Waals surface area contributed by atoms with Crippen molar-refractivity contribution in [1.82, 2.24) is 10.2 Å². The van der Waals surface area contributed by atoms with E-state index in [-0.39, 0.29) is 17.6 Å². The van der Waals surface area contributed by atoms with Crippen LogP contribution < -0.4 is 11.1 Å². The van der Waals surface area contributed by atoms with E-state index in [4.69, 9.17) is 5.73 Å². The number of carbonyl (C=O) groups excluding carboxylic acids is 2. The van der Waals surface area contributed by atoms with Crippen LogP contribution in [0.4, 0.5) is 4.39 Å². The highest BCUT2D eigenvalue weighted by atomic mass is 19.1. The molecule has 2 amide bonds. The molecule has 1 aromatic carbocycles. The summed E-state index contributed by atoms with van der Waals surface area (Å²) in [4.78, 5) is 25.0. The summed E-state index contributed by atoms with van der Waals surface area (Å²) in [7, 11) is 0. The highest BCUT2D eigenvalue weighted by Crippen LogP contribution is 2.07. The van der Waals surface area contributed by atoms with Crippen LogP contribution in [0, 0.1) is 5.82 Å². The topological polar surface area (TPSA) is 75.4 Å². The van der Waals surface area contributed by atoms with Crippen molar-refractivity contribution >= 4 is 11.8 Å². The second-order valence-corrected chi connectivity index (χ2v) is 4.86. The van der Waals surface area contributed by atoms with E-state index in [9.17, 15) is 14.0 Å². The standard InChI is InChI=1S/C14H18FN3O2/c15-11-3-1-10(2-4-11)9-12(16)14(20)18-7-5-13(19)17-6-8-18/h1-4,12H,5-9,16H2,(H,17,19)/t12-/m0/s1. The number of hydrogen-bond acceptors (Lipinski definition) is 3. The van der Waals surface area contributed by atoms with Crippen LogP contribution in [-0.2, 0) is 16.0 Å². The lowest BCUT2D eigenvalue weighted by Gasteiger charge is -2.23. The quantitative estimate of drug-likeness (QED) is 0.820. The zero-order chi connectivity index (χ0) is 14.5. The van der Waals surface area contributed by atoms with E-state index in [1.54, 1.807) is 17.0 Å². The molecular weight excluding hydrogens is 261 g/mol. The van der Waals surface area contributed by atoms with E-state index in [1.807, 2.05) is 0 Å². The number of rotatable bonds is 3. The molecule has 0 radical (unpaired) electrons. The summed E-state index contributed by atoms with van der Waals surface area (Å²) in [6.07, 6.45) is 0.659. The summed E-state index contributed by atoms with van der Waals surface area (Å²) in [5.41, 5.74) is 6.73. The minimum Gasteiger partial charge on any atom is -0.354 e. The highest BCUT2D eigenvalue weighted by molar-refractivity contribution is 5.83. The Balaban J connectivity index is 1.94.